The van der Waals surface area contributed by atoms with Gasteiger partial charge in [-0.25, -0.2) is 0 Å². The summed E-state index contributed by atoms with van der Waals surface area (Å²) in [6.07, 6.45) is 1.60. The third-order valence-corrected chi connectivity index (χ3v) is 3.28. The van der Waals surface area contributed by atoms with Gasteiger partial charge in [-0.2, -0.15) is 5.10 Å². The number of hydrogen-bond donors (Lipinski definition) is 1. The van der Waals surface area contributed by atoms with Crippen molar-refractivity contribution < 1.29 is 13.9 Å². The van der Waals surface area contributed by atoms with Crippen LogP contribution in [0.25, 0.3) is 0 Å². The van der Waals surface area contributed by atoms with Gasteiger partial charge in [-0.05, 0) is 24.3 Å². The summed E-state index contributed by atoms with van der Waals surface area (Å²) < 4.78 is 10.5. The molecule has 2 heterocycles. The molecule has 1 N–H and O–H groups in total. The number of carbonyl (C=O) groups excluding carboxylic acids is 1. The van der Waals surface area contributed by atoms with E-state index in [0.717, 1.165) is 5.76 Å². The molecule has 20 heavy (non-hydrogen) atoms. The number of ether oxygens (including phenoxy) is 1. The molecule has 0 saturated heterocycles. The molecule has 1 atom stereocenters. The third-order valence-electron chi connectivity index (χ3n) is 3.28. The van der Waals surface area contributed by atoms with Gasteiger partial charge in [0.1, 0.15) is 17.2 Å². The standard InChI is InChI=1S/C15H14N2O3/c1-19-11-5-2-4-10(8-11)15(18)14-12(9-16-17-14)13-6-3-7-20-13/h2-8,12,16H,9H2,1H3/t12-/m1/s1. The second kappa shape index (κ2) is 5.21. The maximum absolute atomic E-state index is 12.6. The highest BCUT2D eigenvalue weighted by molar-refractivity contribution is 6.48. The van der Waals surface area contributed by atoms with Crippen LogP contribution in [0.5, 0.6) is 5.75 Å². The molecule has 0 radical (unpaired) electrons. The lowest BCUT2D eigenvalue weighted by atomic mass is 9.94. The van der Waals surface area contributed by atoms with Crippen molar-refractivity contribution in [2.24, 2.45) is 5.10 Å². The SMILES string of the molecule is COc1cccc(C(=O)C2=NNC[C@@H]2c2ccco2)c1. The van der Waals surface area contributed by atoms with Crippen LogP contribution in [0.2, 0.25) is 0 Å². The predicted molar refractivity (Wildman–Crippen MR) is 74.2 cm³/mol. The van der Waals surface area contributed by atoms with E-state index in [4.69, 9.17) is 9.15 Å². The van der Waals surface area contributed by atoms with E-state index in [1.165, 1.54) is 0 Å². The minimum absolute atomic E-state index is 0.115. The summed E-state index contributed by atoms with van der Waals surface area (Å²) in [5.41, 5.74) is 3.89. The molecule has 1 aromatic heterocycles. The van der Waals surface area contributed by atoms with Crippen molar-refractivity contribution in [1.82, 2.24) is 5.43 Å². The number of rotatable bonds is 4. The molecule has 1 aliphatic heterocycles. The van der Waals surface area contributed by atoms with Crippen LogP contribution >= 0.6 is 0 Å². The van der Waals surface area contributed by atoms with E-state index in [2.05, 4.69) is 10.5 Å². The van der Waals surface area contributed by atoms with Crippen molar-refractivity contribution >= 4 is 11.5 Å². The molecular weight excluding hydrogens is 256 g/mol. The molecule has 5 nitrogen and oxygen atoms in total. The highest BCUT2D eigenvalue weighted by Crippen LogP contribution is 2.24. The van der Waals surface area contributed by atoms with Crippen LogP contribution < -0.4 is 10.2 Å². The monoisotopic (exact) mass is 270 g/mol. The Kier molecular flexibility index (Phi) is 3.25. The summed E-state index contributed by atoms with van der Waals surface area (Å²) in [4.78, 5) is 12.6. The molecule has 0 aliphatic carbocycles. The van der Waals surface area contributed by atoms with Crippen LogP contribution in [0, 0.1) is 0 Å². The third kappa shape index (κ3) is 2.18. The summed E-state index contributed by atoms with van der Waals surface area (Å²) in [6.45, 7) is 0.568. The van der Waals surface area contributed by atoms with Gasteiger partial charge in [0.2, 0.25) is 5.78 Å². The van der Waals surface area contributed by atoms with Gasteiger partial charge in [0.25, 0.3) is 0 Å². The minimum Gasteiger partial charge on any atom is -0.497 e. The average molecular weight is 270 g/mol. The first-order valence-electron chi connectivity index (χ1n) is 6.32. The average Bonchev–Trinajstić information content (AvgIpc) is 3.16. The zero-order chi connectivity index (χ0) is 13.9. The molecular formula is C15H14N2O3. The van der Waals surface area contributed by atoms with Gasteiger partial charge in [0, 0.05) is 12.1 Å². The summed E-state index contributed by atoms with van der Waals surface area (Å²) in [6, 6.07) is 10.7. The van der Waals surface area contributed by atoms with Gasteiger partial charge in [-0.15, -0.1) is 0 Å². The Morgan fingerprint density at radius 3 is 3.05 bits per heavy atom. The van der Waals surface area contributed by atoms with E-state index >= 15 is 0 Å². The molecule has 102 valence electrons. The summed E-state index contributed by atoms with van der Waals surface area (Å²) in [5.74, 6) is 1.13. The van der Waals surface area contributed by atoms with E-state index in [1.54, 1.807) is 43.7 Å². The van der Waals surface area contributed by atoms with Crippen molar-refractivity contribution in [2.75, 3.05) is 13.7 Å². The first kappa shape index (κ1) is 12.5. The predicted octanol–water partition coefficient (Wildman–Crippen LogP) is 2.21. The summed E-state index contributed by atoms with van der Waals surface area (Å²) in [7, 11) is 1.57. The Morgan fingerprint density at radius 1 is 1.40 bits per heavy atom. The number of nitrogens with one attached hydrogen (secondary N) is 1. The second-order valence-electron chi connectivity index (χ2n) is 4.49. The molecule has 1 aromatic carbocycles. The van der Waals surface area contributed by atoms with Gasteiger partial charge < -0.3 is 14.6 Å². The lowest BCUT2D eigenvalue weighted by Gasteiger charge is -2.09. The van der Waals surface area contributed by atoms with Crippen LogP contribution in [0.1, 0.15) is 22.0 Å². The van der Waals surface area contributed by atoms with Gasteiger partial charge in [-0.1, -0.05) is 12.1 Å². The van der Waals surface area contributed by atoms with E-state index in [0.29, 0.717) is 23.6 Å². The smallest absolute Gasteiger partial charge is 0.209 e. The van der Waals surface area contributed by atoms with Crippen LogP contribution in [-0.2, 0) is 0 Å². The normalized spacial score (nSPS) is 17.4. The minimum atomic E-state index is -0.149. The summed E-state index contributed by atoms with van der Waals surface area (Å²) >= 11 is 0. The highest BCUT2D eigenvalue weighted by Gasteiger charge is 2.31. The molecule has 0 bridgehead atoms. The largest absolute Gasteiger partial charge is 0.497 e. The molecule has 3 rings (SSSR count). The van der Waals surface area contributed by atoms with Crippen LogP contribution in [0.15, 0.2) is 52.2 Å². The Balaban J connectivity index is 1.89. The zero-order valence-corrected chi connectivity index (χ0v) is 11.0. The van der Waals surface area contributed by atoms with Crippen LogP contribution in [-0.4, -0.2) is 25.1 Å². The highest BCUT2D eigenvalue weighted by atomic mass is 16.5. The summed E-state index contributed by atoms with van der Waals surface area (Å²) in [5, 5.41) is 4.12. The van der Waals surface area contributed by atoms with Crippen molar-refractivity contribution in [3.05, 3.63) is 54.0 Å². The van der Waals surface area contributed by atoms with E-state index in [9.17, 15) is 4.79 Å². The second-order valence-corrected chi connectivity index (χ2v) is 4.49. The van der Waals surface area contributed by atoms with Gasteiger partial charge in [0.15, 0.2) is 0 Å². The van der Waals surface area contributed by atoms with E-state index < -0.39 is 0 Å². The van der Waals surface area contributed by atoms with Crippen molar-refractivity contribution in [2.45, 2.75) is 5.92 Å². The number of benzene rings is 1. The molecule has 0 fully saturated rings. The molecule has 0 saturated carbocycles. The maximum atomic E-state index is 12.6. The molecule has 1 aliphatic rings. The number of hydrazone groups is 1. The number of ketones is 1. The fourth-order valence-corrected chi connectivity index (χ4v) is 2.24. The zero-order valence-electron chi connectivity index (χ0n) is 11.0. The van der Waals surface area contributed by atoms with Crippen LogP contribution in [0.3, 0.4) is 0 Å². The quantitative estimate of drug-likeness (QED) is 0.865. The van der Waals surface area contributed by atoms with Crippen molar-refractivity contribution in [3.63, 3.8) is 0 Å². The number of furan rings is 1. The fraction of sp³-hybridized carbons (Fsp3) is 0.200. The fourth-order valence-electron chi connectivity index (χ4n) is 2.24. The van der Waals surface area contributed by atoms with Gasteiger partial charge in [0.05, 0.1) is 19.3 Å². The Morgan fingerprint density at radius 2 is 2.30 bits per heavy atom. The number of methoxy groups -OCH3 is 1. The Bertz CT molecular complexity index is 647. The van der Waals surface area contributed by atoms with Crippen molar-refractivity contribution in [3.8, 4) is 5.75 Å². The van der Waals surface area contributed by atoms with Crippen molar-refractivity contribution in [1.29, 1.82) is 0 Å². The number of carbonyl (C=O) groups is 1. The van der Waals surface area contributed by atoms with Crippen LogP contribution in [0.4, 0.5) is 0 Å². The lowest BCUT2D eigenvalue weighted by Crippen LogP contribution is -2.21. The topological polar surface area (TPSA) is 63.8 Å². The first-order chi connectivity index (χ1) is 9.79. The molecule has 2 aromatic rings. The Labute approximate surface area is 116 Å². The lowest BCUT2D eigenvalue weighted by molar-refractivity contribution is 0.106. The van der Waals surface area contributed by atoms with Gasteiger partial charge in [-0.3, -0.25) is 4.79 Å². The number of nitrogens with zero attached hydrogens (tertiary/aromatic N) is 1. The maximum Gasteiger partial charge on any atom is 0.209 e. The molecule has 0 spiro atoms. The van der Waals surface area contributed by atoms with Gasteiger partial charge >= 0.3 is 0 Å². The van der Waals surface area contributed by atoms with E-state index in [1.807, 2.05) is 6.07 Å². The molecule has 5 heteroatoms. The molecule has 0 amide bonds. The van der Waals surface area contributed by atoms with E-state index in [-0.39, 0.29) is 11.7 Å². The number of Topliss-reactive ketones (excluding diaryl/α,β-unsaturated/α-hetero) is 1. The first-order valence-corrected chi connectivity index (χ1v) is 6.32. The number of hydrogen-bond acceptors (Lipinski definition) is 5. The Hall–Kier alpha value is -2.56. The molecule has 0 unspecified atom stereocenters.